The molecule has 148 valence electrons. The van der Waals surface area contributed by atoms with E-state index in [1.54, 1.807) is 17.2 Å². The molecule has 2 N–H and O–H groups in total. The van der Waals surface area contributed by atoms with Crippen molar-refractivity contribution in [2.45, 2.75) is 37.8 Å². The molecule has 0 atom stereocenters. The molecule has 6 heteroatoms. The second kappa shape index (κ2) is 9.66. The Balaban J connectivity index is 1.72. The van der Waals surface area contributed by atoms with Crippen molar-refractivity contribution in [3.05, 3.63) is 65.0 Å². The summed E-state index contributed by atoms with van der Waals surface area (Å²) < 4.78 is 0. The van der Waals surface area contributed by atoms with Crippen LogP contribution < -0.4 is 5.32 Å². The summed E-state index contributed by atoms with van der Waals surface area (Å²) in [6, 6.07) is 14.1. The fourth-order valence-corrected chi connectivity index (χ4v) is 4.32. The third kappa shape index (κ3) is 5.09. The number of hydrogen-bond donors (Lipinski definition) is 2. The first kappa shape index (κ1) is 20.3. The van der Waals surface area contributed by atoms with Crippen molar-refractivity contribution in [2.75, 3.05) is 19.4 Å². The van der Waals surface area contributed by atoms with E-state index in [0.717, 1.165) is 31.4 Å². The number of amidine groups is 1. The molecule has 5 nitrogen and oxygen atoms in total. The van der Waals surface area contributed by atoms with E-state index in [4.69, 9.17) is 5.41 Å². The van der Waals surface area contributed by atoms with Gasteiger partial charge in [0.15, 0.2) is 0 Å². The van der Waals surface area contributed by atoms with Crippen molar-refractivity contribution in [1.29, 1.82) is 5.41 Å². The molecule has 1 aliphatic carbocycles. The van der Waals surface area contributed by atoms with E-state index in [9.17, 15) is 4.79 Å². The Labute approximate surface area is 171 Å². The first-order valence-electron chi connectivity index (χ1n) is 9.66. The quantitative estimate of drug-likeness (QED) is 0.551. The fraction of sp³-hybridized carbons (Fsp3) is 0.364. The lowest BCUT2D eigenvalue weighted by molar-refractivity contribution is 0.0752. The number of carbonyl (C=O) groups is 1. The highest BCUT2D eigenvalue weighted by Gasteiger charge is 2.32. The summed E-state index contributed by atoms with van der Waals surface area (Å²) in [4.78, 5) is 17.8. The number of amides is 1. The number of carbonyl (C=O) groups excluding carboxylic acids is 1. The molecule has 1 aromatic carbocycles. The standard InChI is InChI=1S/C22H28N4OS/c1-25(2)18-10-12-19(13-11-18)26(22(27)20-9-6-16-28-20)21(23)14-15-24-17-7-4-3-5-8-17/h3-9,14-16,18-19,23-24H,10-13H2,1-2H3/b15-14-,23-21?. The van der Waals surface area contributed by atoms with Gasteiger partial charge < -0.3 is 10.2 Å². The summed E-state index contributed by atoms with van der Waals surface area (Å²) in [6.45, 7) is 0. The van der Waals surface area contributed by atoms with Crippen LogP contribution in [0.4, 0.5) is 5.69 Å². The van der Waals surface area contributed by atoms with Crippen molar-refractivity contribution >= 4 is 28.8 Å². The minimum atomic E-state index is -0.0716. The van der Waals surface area contributed by atoms with Crippen molar-refractivity contribution in [1.82, 2.24) is 9.80 Å². The number of anilines is 1. The van der Waals surface area contributed by atoms with E-state index in [-0.39, 0.29) is 17.8 Å². The largest absolute Gasteiger partial charge is 0.362 e. The minimum Gasteiger partial charge on any atom is -0.362 e. The Morgan fingerprint density at radius 3 is 2.36 bits per heavy atom. The van der Waals surface area contributed by atoms with Crippen LogP contribution >= 0.6 is 11.3 Å². The lowest BCUT2D eigenvalue weighted by atomic mass is 9.89. The summed E-state index contributed by atoms with van der Waals surface area (Å²) in [5, 5.41) is 13.7. The second-order valence-electron chi connectivity index (χ2n) is 7.31. The Kier molecular flexibility index (Phi) is 7.01. The highest BCUT2D eigenvalue weighted by molar-refractivity contribution is 7.12. The van der Waals surface area contributed by atoms with Crippen molar-refractivity contribution in [3.63, 3.8) is 0 Å². The molecule has 0 saturated heterocycles. The van der Waals surface area contributed by atoms with Gasteiger partial charge in [-0.3, -0.25) is 15.1 Å². The van der Waals surface area contributed by atoms with Gasteiger partial charge in [0.2, 0.25) is 0 Å². The van der Waals surface area contributed by atoms with Gasteiger partial charge in [-0.15, -0.1) is 11.3 Å². The number of benzene rings is 1. The monoisotopic (exact) mass is 396 g/mol. The molecule has 2 aromatic rings. The average Bonchev–Trinajstić information content (AvgIpc) is 3.24. The summed E-state index contributed by atoms with van der Waals surface area (Å²) in [6.07, 6.45) is 7.34. The van der Waals surface area contributed by atoms with Crippen LogP contribution in [-0.4, -0.2) is 47.7 Å². The Bertz CT molecular complexity index is 793. The van der Waals surface area contributed by atoms with Gasteiger partial charge >= 0.3 is 0 Å². The van der Waals surface area contributed by atoms with E-state index < -0.39 is 0 Å². The lowest BCUT2D eigenvalue weighted by Gasteiger charge is -2.38. The van der Waals surface area contributed by atoms with E-state index in [1.807, 2.05) is 47.8 Å². The SMILES string of the molecule is CN(C)C1CCC(N(C(=N)/C=C\Nc2ccccc2)C(=O)c2cccs2)CC1. The van der Waals surface area contributed by atoms with Crippen LogP contribution in [0.3, 0.4) is 0 Å². The van der Waals surface area contributed by atoms with Crippen LogP contribution in [0.25, 0.3) is 0 Å². The highest BCUT2D eigenvalue weighted by atomic mass is 32.1. The van der Waals surface area contributed by atoms with Gasteiger partial charge in [0, 0.05) is 24.0 Å². The van der Waals surface area contributed by atoms with Gasteiger partial charge in [0.05, 0.1) is 4.88 Å². The number of thiophene rings is 1. The Morgan fingerprint density at radius 2 is 1.75 bits per heavy atom. The topological polar surface area (TPSA) is 59.4 Å². The first-order chi connectivity index (χ1) is 13.6. The summed E-state index contributed by atoms with van der Waals surface area (Å²) in [5.74, 6) is 0.160. The van der Waals surface area contributed by atoms with Gasteiger partial charge in [-0.2, -0.15) is 0 Å². The minimum absolute atomic E-state index is 0.0691. The summed E-state index contributed by atoms with van der Waals surface area (Å²) in [7, 11) is 4.22. The molecule has 1 fully saturated rings. The third-order valence-electron chi connectivity index (χ3n) is 5.24. The lowest BCUT2D eigenvalue weighted by Crippen LogP contribution is -2.47. The second-order valence-corrected chi connectivity index (χ2v) is 8.26. The van der Waals surface area contributed by atoms with Crippen molar-refractivity contribution in [2.24, 2.45) is 0 Å². The summed E-state index contributed by atoms with van der Waals surface area (Å²) in [5.41, 5.74) is 0.953. The molecule has 28 heavy (non-hydrogen) atoms. The van der Waals surface area contributed by atoms with Crippen LogP contribution in [0.2, 0.25) is 0 Å². The predicted octanol–water partition coefficient (Wildman–Crippen LogP) is 4.67. The maximum atomic E-state index is 13.1. The van der Waals surface area contributed by atoms with Crippen molar-refractivity contribution < 1.29 is 4.79 Å². The van der Waals surface area contributed by atoms with E-state index in [1.165, 1.54) is 11.3 Å². The first-order valence-corrected chi connectivity index (χ1v) is 10.5. The number of hydrogen-bond acceptors (Lipinski definition) is 5. The van der Waals surface area contributed by atoms with Crippen LogP contribution in [0.15, 0.2) is 60.1 Å². The number of para-hydroxylation sites is 1. The molecule has 1 aromatic heterocycles. The van der Waals surface area contributed by atoms with Crippen LogP contribution in [0, 0.1) is 5.41 Å². The molecule has 0 aliphatic heterocycles. The zero-order valence-corrected chi connectivity index (χ0v) is 17.3. The molecular weight excluding hydrogens is 368 g/mol. The van der Waals surface area contributed by atoms with Crippen LogP contribution in [0.1, 0.15) is 35.4 Å². The normalized spacial score (nSPS) is 19.7. The molecule has 1 aliphatic rings. The molecule has 0 spiro atoms. The number of nitrogens with zero attached hydrogens (tertiary/aromatic N) is 2. The van der Waals surface area contributed by atoms with Crippen LogP contribution in [0.5, 0.6) is 0 Å². The number of rotatable bonds is 6. The smallest absolute Gasteiger partial charge is 0.269 e. The molecule has 1 heterocycles. The molecule has 0 unspecified atom stereocenters. The average molecular weight is 397 g/mol. The van der Waals surface area contributed by atoms with E-state index >= 15 is 0 Å². The van der Waals surface area contributed by atoms with Gasteiger partial charge in [0.1, 0.15) is 5.84 Å². The molecule has 0 bridgehead atoms. The van der Waals surface area contributed by atoms with Gasteiger partial charge in [-0.25, -0.2) is 0 Å². The van der Waals surface area contributed by atoms with Crippen molar-refractivity contribution in [3.8, 4) is 0 Å². The third-order valence-corrected chi connectivity index (χ3v) is 6.09. The zero-order valence-electron chi connectivity index (χ0n) is 16.5. The molecular formula is C22H28N4OS. The predicted molar refractivity (Wildman–Crippen MR) is 117 cm³/mol. The Hall–Kier alpha value is -2.44. The Morgan fingerprint density at radius 1 is 1.07 bits per heavy atom. The highest BCUT2D eigenvalue weighted by Crippen LogP contribution is 2.27. The maximum absolute atomic E-state index is 13.1. The molecule has 1 saturated carbocycles. The van der Waals surface area contributed by atoms with E-state index in [0.29, 0.717) is 10.9 Å². The zero-order chi connectivity index (χ0) is 19.9. The maximum Gasteiger partial charge on any atom is 0.269 e. The summed E-state index contributed by atoms with van der Waals surface area (Å²) >= 11 is 1.43. The molecule has 3 rings (SSSR count). The number of nitrogens with one attached hydrogen (secondary N) is 2. The molecule has 0 radical (unpaired) electrons. The van der Waals surface area contributed by atoms with Gasteiger partial charge in [-0.1, -0.05) is 24.3 Å². The van der Waals surface area contributed by atoms with Gasteiger partial charge in [-0.05, 0) is 69.4 Å². The van der Waals surface area contributed by atoms with E-state index in [2.05, 4.69) is 24.3 Å². The molecule has 1 amide bonds. The van der Waals surface area contributed by atoms with Crippen LogP contribution in [-0.2, 0) is 0 Å². The van der Waals surface area contributed by atoms with Gasteiger partial charge in [0.25, 0.3) is 5.91 Å². The fourth-order valence-electron chi connectivity index (χ4n) is 3.66.